The van der Waals surface area contributed by atoms with E-state index in [4.69, 9.17) is 10.5 Å². The molecule has 0 bridgehead atoms. The standard InChI is InChI=1S/C29H41N3O5S/c1-21(2)19-32(38(35,36)25-11-9-24(30)10-12-25)20-27(33)26(17-22-7-4-3-5-8-22)31-28(34)23-13-15-29(18-23)14-6-16-37-29/h3-5,7-12,21,23,26-27,33H,6,13-20,30H2,1-2H3,(H,31,34). The van der Waals surface area contributed by atoms with Crippen molar-refractivity contribution in [1.82, 2.24) is 9.62 Å². The maximum atomic E-state index is 13.5. The van der Waals surface area contributed by atoms with Crippen molar-refractivity contribution >= 4 is 21.6 Å². The number of anilines is 1. The van der Waals surface area contributed by atoms with Crippen LogP contribution < -0.4 is 11.1 Å². The predicted octanol–water partition coefficient (Wildman–Crippen LogP) is 3.35. The number of benzene rings is 2. The number of ether oxygens (including phenoxy) is 1. The molecule has 2 aromatic rings. The van der Waals surface area contributed by atoms with Gasteiger partial charge >= 0.3 is 0 Å². The molecule has 2 fully saturated rings. The van der Waals surface area contributed by atoms with Gasteiger partial charge in [0.25, 0.3) is 0 Å². The van der Waals surface area contributed by atoms with Crippen LogP contribution in [-0.2, 0) is 26.0 Å². The summed E-state index contributed by atoms with van der Waals surface area (Å²) in [5.41, 5.74) is 7.00. The van der Waals surface area contributed by atoms with E-state index in [1.807, 2.05) is 44.2 Å². The normalized spacial score (nSPS) is 23.2. The summed E-state index contributed by atoms with van der Waals surface area (Å²) in [4.78, 5) is 13.5. The molecule has 1 amide bonds. The molecule has 1 heterocycles. The van der Waals surface area contributed by atoms with E-state index in [0.717, 1.165) is 37.9 Å². The molecular formula is C29H41N3O5S. The number of nitrogens with two attached hydrogens (primary N) is 1. The van der Waals surface area contributed by atoms with Gasteiger partial charge in [0.05, 0.1) is 22.6 Å². The van der Waals surface area contributed by atoms with Crippen LogP contribution in [0.15, 0.2) is 59.5 Å². The highest BCUT2D eigenvalue weighted by Crippen LogP contribution is 2.44. The summed E-state index contributed by atoms with van der Waals surface area (Å²) >= 11 is 0. The van der Waals surface area contributed by atoms with Gasteiger partial charge in [0.2, 0.25) is 15.9 Å². The molecule has 4 atom stereocenters. The van der Waals surface area contributed by atoms with E-state index in [0.29, 0.717) is 18.5 Å². The molecule has 2 aliphatic rings. The van der Waals surface area contributed by atoms with Gasteiger partial charge in [-0.3, -0.25) is 4.79 Å². The smallest absolute Gasteiger partial charge is 0.243 e. The van der Waals surface area contributed by atoms with E-state index in [2.05, 4.69) is 5.32 Å². The van der Waals surface area contributed by atoms with Crippen LogP contribution in [0.25, 0.3) is 0 Å². The Kier molecular flexibility index (Phi) is 9.13. The van der Waals surface area contributed by atoms with Gasteiger partial charge in [0.15, 0.2) is 0 Å². The number of rotatable bonds is 11. The zero-order valence-corrected chi connectivity index (χ0v) is 23.2. The molecule has 1 aliphatic heterocycles. The van der Waals surface area contributed by atoms with Crippen molar-refractivity contribution in [2.45, 2.75) is 75.0 Å². The van der Waals surface area contributed by atoms with Gasteiger partial charge in [-0.25, -0.2) is 8.42 Å². The summed E-state index contributed by atoms with van der Waals surface area (Å²) in [6, 6.07) is 15.0. The number of aliphatic hydroxyl groups excluding tert-OH is 1. The Balaban J connectivity index is 1.53. The summed E-state index contributed by atoms with van der Waals surface area (Å²) < 4.78 is 34.4. The topological polar surface area (TPSA) is 122 Å². The summed E-state index contributed by atoms with van der Waals surface area (Å²) in [6.45, 7) is 4.71. The van der Waals surface area contributed by atoms with Crippen LogP contribution in [-0.4, -0.2) is 61.2 Å². The van der Waals surface area contributed by atoms with Crippen molar-refractivity contribution in [3.8, 4) is 0 Å². The highest BCUT2D eigenvalue weighted by Gasteiger charge is 2.45. The van der Waals surface area contributed by atoms with Gasteiger partial charge in [-0.15, -0.1) is 0 Å². The summed E-state index contributed by atoms with van der Waals surface area (Å²) in [6.07, 6.45) is 3.61. The van der Waals surface area contributed by atoms with Crippen LogP contribution in [0.3, 0.4) is 0 Å². The molecule has 8 nitrogen and oxygen atoms in total. The lowest BCUT2D eigenvalue weighted by atomic mass is 9.95. The summed E-state index contributed by atoms with van der Waals surface area (Å²) in [5, 5.41) is 14.5. The van der Waals surface area contributed by atoms with E-state index in [1.165, 1.54) is 16.4 Å². The largest absolute Gasteiger partial charge is 0.399 e. The molecule has 1 saturated heterocycles. The maximum absolute atomic E-state index is 13.5. The van der Waals surface area contributed by atoms with Gasteiger partial charge < -0.3 is 20.9 Å². The lowest BCUT2D eigenvalue weighted by Gasteiger charge is -2.31. The highest BCUT2D eigenvalue weighted by atomic mass is 32.2. The minimum atomic E-state index is -3.89. The van der Waals surface area contributed by atoms with Gasteiger partial charge in [-0.05, 0) is 74.3 Å². The van der Waals surface area contributed by atoms with E-state index < -0.39 is 22.2 Å². The summed E-state index contributed by atoms with van der Waals surface area (Å²) in [7, 11) is -3.89. The molecule has 4 unspecified atom stereocenters. The third-order valence-corrected chi connectivity index (χ3v) is 9.54. The van der Waals surface area contributed by atoms with Crippen LogP contribution >= 0.6 is 0 Å². The maximum Gasteiger partial charge on any atom is 0.243 e. The monoisotopic (exact) mass is 543 g/mol. The third-order valence-electron chi connectivity index (χ3n) is 7.69. The second-order valence-corrected chi connectivity index (χ2v) is 13.2. The summed E-state index contributed by atoms with van der Waals surface area (Å²) in [5.74, 6) is -0.244. The molecule has 0 aromatic heterocycles. The Morgan fingerprint density at radius 3 is 2.47 bits per heavy atom. The van der Waals surface area contributed by atoms with E-state index in [1.54, 1.807) is 12.1 Å². The Morgan fingerprint density at radius 1 is 1.13 bits per heavy atom. The number of aliphatic hydroxyl groups is 1. The minimum Gasteiger partial charge on any atom is -0.399 e. The molecule has 4 rings (SSSR count). The number of carbonyl (C=O) groups excluding carboxylic acids is 1. The Bertz CT molecular complexity index is 1160. The van der Waals surface area contributed by atoms with Crippen molar-refractivity contribution in [2.24, 2.45) is 11.8 Å². The van der Waals surface area contributed by atoms with Crippen molar-refractivity contribution in [2.75, 3.05) is 25.4 Å². The van der Waals surface area contributed by atoms with Crippen molar-refractivity contribution in [3.63, 3.8) is 0 Å². The van der Waals surface area contributed by atoms with Crippen molar-refractivity contribution in [3.05, 3.63) is 60.2 Å². The number of hydrogen-bond acceptors (Lipinski definition) is 6. The fourth-order valence-corrected chi connectivity index (χ4v) is 7.30. The molecule has 1 saturated carbocycles. The number of carbonyl (C=O) groups is 1. The molecule has 9 heteroatoms. The molecule has 1 aliphatic carbocycles. The lowest BCUT2D eigenvalue weighted by Crippen LogP contribution is -2.52. The molecule has 2 aromatic carbocycles. The number of sulfonamides is 1. The van der Waals surface area contributed by atoms with Crippen LogP contribution in [0.1, 0.15) is 51.5 Å². The Morgan fingerprint density at radius 2 is 1.84 bits per heavy atom. The van der Waals surface area contributed by atoms with Gasteiger partial charge in [-0.2, -0.15) is 4.31 Å². The predicted molar refractivity (Wildman–Crippen MR) is 148 cm³/mol. The fourth-order valence-electron chi connectivity index (χ4n) is 5.68. The van der Waals surface area contributed by atoms with Gasteiger partial charge in [0, 0.05) is 31.3 Å². The third kappa shape index (κ3) is 6.94. The zero-order valence-electron chi connectivity index (χ0n) is 22.4. The molecular weight excluding hydrogens is 502 g/mol. The van der Waals surface area contributed by atoms with Crippen LogP contribution in [0.4, 0.5) is 5.69 Å². The van der Waals surface area contributed by atoms with Gasteiger partial charge in [0.1, 0.15) is 0 Å². The number of nitrogens with zero attached hydrogens (tertiary/aromatic N) is 1. The number of nitrogen functional groups attached to an aromatic ring is 1. The second-order valence-electron chi connectivity index (χ2n) is 11.2. The second kappa shape index (κ2) is 12.2. The Hall–Kier alpha value is -2.46. The lowest BCUT2D eigenvalue weighted by molar-refractivity contribution is -0.127. The van der Waals surface area contributed by atoms with Crippen LogP contribution in [0.2, 0.25) is 0 Å². The van der Waals surface area contributed by atoms with E-state index >= 15 is 0 Å². The highest BCUT2D eigenvalue weighted by molar-refractivity contribution is 7.89. The quantitative estimate of drug-likeness (QED) is 0.374. The van der Waals surface area contributed by atoms with E-state index in [-0.39, 0.29) is 41.3 Å². The first-order chi connectivity index (χ1) is 18.1. The first-order valence-electron chi connectivity index (χ1n) is 13.6. The number of hydrogen-bond donors (Lipinski definition) is 3. The van der Waals surface area contributed by atoms with Crippen molar-refractivity contribution in [1.29, 1.82) is 0 Å². The van der Waals surface area contributed by atoms with Gasteiger partial charge in [-0.1, -0.05) is 44.2 Å². The molecule has 0 radical (unpaired) electrons. The number of amides is 1. The SMILES string of the molecule is CC(C)CN(CC(O)C(Cc1ccccc1)NC(=O)C1CCC2(CCCO2)C1)S(=O)(=O)c1ccc(N)cc1. The molecule has 1 spiro atoms. The number of nitrogens with one attached hydrogen (secondary N) is 1. The van der Waals surface area contributed by atoms with Crippen LogP contribution in [0, 0.1) is 11.8 Å². The first-order valence-corrected chi connectivity index (χ1v) is 15.0. The van der Waals surface area contributed by atoms with E-state index in [9.17, 15) is 18.3 Å². The Labute approximate surface area is 226 Å². The molecule has 38 heavy (non-hydrogen) atoms. The zero-order chi connectivity index (χ0) is 27.3. The average Bonchev–Trinajstić information content (AvgIpc) is 3.53. The molecule has 4 N–H and O–H groups in total. The minimum absolute atomic E-state index is 0.0361. The average molecular weight is 544 g/mol. The van der Waals surface area contributed by atoms with Crippen LogP contribution in [0.5, 0.6) is 0 Å². The van der Waals surface area contributed by atoms with Crippen molar-refractivity contribution < 1.29 is 23.1 Å². The first kappa shape index (κ1) is 28.5. The fraction of sp³-hybridized carbons (Fsp3) is 0.552. The molecule has 208 valence electrons.